The molecule has 0 aliphatic heterocycles. The van der Waals surface area contributed by atoms with Gasteiger partial charge in [-0.2, -0.15) is 0 Å². The van der Waals surface area contributed by atoms with E-state index in [1.54, 1.807) is 13.0 Å². The van der Waals surface area contributed by atoms with Crippen molar-refractivity contribution in [3.8, 4) is 0 Å². The van der Waals surface area contributed by atoms with Gasteiger partial charge in [0.1, 0.15) is 0 Å². The number of fused-ring (bicyclic) bond motifs is 1. The van der Waals surface area contributed by atoms with Gasteiger partial charge in [0.15, 0.2) is 5.13 Å². The maximum absolute atomic E-state index is 12.5. The van der Waals surface area contributed by atoms with Crippen molar-refractivity contribution in [3.05, 3.63) is 63.2 Å². The van der Waals surface area contributed by atoms with Crippen molar-refractivity contribution in [2.24, 2.45) is 0 Å². The maximum Gasteiger partial charge on any atom is 0.273 e. The lowest BCUT2D eigenvalue weighted by molar-refractivity contribution is -0.385. The van der Waals surface area contributed by atoms with Gasteiger partial charge in [-0.05, 0) is 36.6 Å². The van der Waals surface area contributed by atoms with Gasteiger partial charge in [-0.15, -0.1) is 0 Å². The first-order valence-electron chi connectivity index (χ1n) is 7.82. The Morgan fingerprint density at radius 1 is 1.28 bits per heavy atom. The van der Waals surface area contributed by atoms with Crippen molar-refractivity contribution >= 4 is 38.3 Å². The molecule has 1 N–H and O–H groups in total. The molecular weight excluding hydrogens is 338 g/mol. The molecule has 0 unspecified atom stereocenters. The zero-order valence-corrected chi connectivity index (χ0v) is 14.9. The largest absolute Gasteiger partial charge is 0.298 e. The molecule has 1 amide bonds. The molecule has 0 bridgehead atoms. The van der Waals surface area contributed by atoms with Crippen LogP contribution in [0, 0.1) is 17.0 Å². The number of hydrogen-bond donors (Lipinski definition) is 1. The second-order valence-corrected chi connectivity index (χ2v) is 7.09. The van der Waals surface area contributed by atoms with Crippen molar-refractivity contribution in [1.82, 2.24) is 4.98 Å². The van der Waals surface area contributed by atoms with Crippen molar-refractivity contribution in [1.29, 1.82) is 0 Å². The minimum atomic E-state index is -0.489. The quantitative estimate of drug-likeness (QED) is 0.533. The summed E-state index contributed by atoms with van der Waals surface area (Å²) in [6.45, 7) is 5.81. The zero-order chi connectivity index (χ0) is 18.1. The highest BCUT2D eigenvalue weighted by Gasteiger charge is 2.19. The fourth-order valence-electron chi connectivity index (χ4n) is 2.59. The number of nitrogens with zero attached hydrogens (tertiary/aromatic N) is 2. The summed E-state index contributed by atoms with van der Waals surface area (Å²) in [5.74, 6) is 0.0152. The van der Waals surface area contributed by atoms with Gasteiger partial charge in [0, 0.05) is 17.2 Å². The Hall–Kier alpha value is -2.80. The van der Waals surface area contributed by atoms with E-state index in [0.717, 1.165) is 10.2 Å². The molecular formula is C18H17N3O3S. The van der Waals surface area contributed by atoms with Crippen LogP contribution in [-0.2, 0) is 0 Å². The number of nitro groups is 1. The molecule has 0 saturated heterocycles. The molecule has 7 heteroatoms. The van der Waals surface area contributed by atoms with E-state index in [1.807, 2.05) is 12.1 Å². The van der Waals surface area contributed by atoms with Crippen LogP contribution in [0.2, 0.25) is 0 Å². The third kappa shape index (κ3) is 3.36. The van der Waals surface area contributed by atoms with Crippen LogP contribution >= 0.6 is 11.3 Å². The number of carbonyl (C=O) groups is 1. The molecule has 3 rings (SSSR count). The number of anilines is 1. The number of nitro benzene ring substituents is 1. The SMILES string of the molecule is Cc1c(C(=O)Nc2nc3ccc(C(C)C)cc3s2)cccc1[N+](=O)[O-]. The predicted octanol–water partition coefficient (Wildman–Crippen LogP) is 4.89. The van der Waals surface area contributed by atoms with Gasteiger partial charge >= 0.3 is 0 Å². The Balaban J connectivity index is 1.90. The van der Waals surface area contributed by atoms with Crippen LogP contribution in [0.25, 0.3) is 10.2 Å². The van der Waals surface area contributed by atoms with Crippen LogP contribution in [0.15, 0.2) is 36.4 Å². The Morgan fingerprint density at radius 3 is 2.72 bits per heavy atom. The van der Waals surface area contributed by atoms with Gasteiger partial charge in [0.05, 0.1) is 15.1 Å². The van der Waals surface area contributed by atoms with Gasteiger partial charge in [-0.3, -0.25) is 20.2 Å². The molecule has 6 nitrogen and oxygen atoms in total. The highest BCUT2D eigenvalue weighted by Crippen LogP contribution is 2.30. The van der Waals surface area contributed by atoms with E-state index in [1.165, 1.54) is 29.0 Å². The first-order valence-corrected chi connectivity index (χ1v) is 8.64. The number of nitrogens with one attached hydrogen (secondary N) is 1. The minimum Gasteiger partial charge on any atom is -0.298 e. The van der Waals surface area contributed by atoms with Crippen LogP contribution < -0.4 is 5.32 Å². The number of carbonyl (C=O) groups excluding carboxylic acids is 1. The average molecular weight is 355 g/mol. The van der Waals surface area contributed by atoms with E-state index < -0.39 is 10.8 Å². The van der Waals surface area contributed by atoms with Gasteiger partial charge < -0.3 is 0 Å². The third-order valence-corrected chi connectivity index (χ3v) is 4.98. The molecule has 25 heavy (non-hydrogen) atoms. The standard InChI is InChI=1S/C18H17N3O3S/c1-10(2)12-7-8-14-16(9-12)25-18(19-14)20-17(22)13-5-4-6-15(11(13)3)21(23)24/h4-10H,1-3H3,(H,19,20,22). The molecule has 0 radical (unpaired) electrons. The Kier molecular flexibility index (Phi) is 4.50. The highest BCUT2D eigenvalue weighted by atomic mass is 32.1. The summed E-state index contributed by atoms with van der Waals surface area (Å²) >= 11 is 1.39. The second-order valence-electron chi connectivity index (χ2n) is 6.06. The monoisotopic (exact) mass is 355 g/mol. The fourth-order valence-corrected chi connectivity index (χ4v) is 3.49. The first kappa shape index (κ1) is 17.0. The lowest BCUT2D eigenvalue weighted by atomic mass is 10.0. The number of aromatic nitrogens is 1. The smallest absolute Gasteiger partial charge is 0.273 e. The summed E-state index contributed by atoms with van der Waals surface area (Å²) in [7, 11) is 0. The van der Waals surface area contributed by atoms with Crippen LogP contribution in [-0.4, -0.2) is 15.8 Å². The van der Waals surface area contributed by atoms with E-state index in [2.05, 4.69) is 30.2 Å². The molecule has 128 valence electrons. The van der Waals surface area contributed by atoms with Crippen molar-refractivity contribution in [2.45, 2.75) is 26.7 Å². The van der Waals surface area contributed by atoms with Crippen LogP contribution in [0.3, 0.4) is 0 Å². The lowest BCUT2D eigenvalue weighted by Gasteiger charge is -2.05. The van der Waals surface area contributed by atoms with E-state index >= 15 is 0 Å². The predicted molar refractivity (Wildman–Crippen MR) is 99.5 cm³/mol. The van der Waals surface area contributed by atoms with Crippen molar-refractivity contribution < 1.29 is 9.72 Å². The molecule has 0 saturated carbocycles. The summed E-state index contributed by atoms with van der Waals surface area (Å²) in [6.07, 6.45) is 0. The number of amides is 1. The molecule has 1 aromatic heterocycles. The minimum absolute atomic E-state index is 0.0708. The molecule has 0 aliphatic carbocycles. The maximum atomic E-state index is 12.5. The Labute approximate surface area is 148 Å². The van der Waals surface area contributed by atoms with E-state index in [4.69, 9.17) is 0 Å². The highest BCUT2D eigenvalue weighted by molar-refractivity contribution is 7.22. The average Bonchev–Trinajstić information content (AvgIpc) is 2.95. The molecule has 3 aromatic rings. The van der Waals surface area contributed by atoms with E-state index in [9.17, 15) is 14.9 Å². The number of benzene rings is 2. The topological polar surface area (TPSA) is 85.1 Å². The van der Waals surface area contributed by atoms with Gasteiger partial charge in [-0.25, -0.2) is 4.98 Å². The van der Waals surface area contributed by atoms with E-state index in [0.29, 0.717) is 16.6 Å². The molecule has 2 aromatic carbocycles. The summed E-state index contributed by atoms with van der Waals surface area (Å²) in [6, 6.07) is 10.5. The van der Waals surface area contributed by atoms with E-state index in [-0.39, 0.29) is 11.3 Å². The van der Waals surface area contributed by atoms with Gasteiger partial charge in [-0.1, -0.05) is 37.3 Å². The Morgan fingerprint density at radius 2 is 2.04 bits per heavy atom. The van der Waals surface area contributed by atoms with Crippen molar-refractivity contribution in [3.63, 3.8) is 0 Å². The summed E-state index contributed by atoms with van der Waals surface area (Å²) in [4.78, 5) is 27.4. The molecule has 0 fully saturated rings. The number of hydrogen-bond acceptors (Lipinski definition) is 5. The number of rotatable bonds is 4. The summed E-state index contributed by atoms with van der Waals surface area (Å²) in [5, 5.41) is 14.3. The summed E-state index contributed by atoms with van der Waals surface area (Å²) in [5.41, 5.74) is 2.58. The normalized spacial score (nSPS) is 11.0. The fraction of sp³-hybridized carbons (Fsp3) is 0.222. The molecule has 1 heterocycles. The third-order valence-electron chi connectivity index (χ3n) is 4.05. The molecule has 0 aliphatic rings. The first-order chi connectivity index (χ1) is 11.9. The van der Waals surface area contributed by atoms with Crippen molar-refractivity contribution in [2.75, 3.05) is 5.32 Å². The van der Waals surface area contributed by atoms with Gasteiger partial charge in [0.25, 0.3) is 11.6 Å². The van der Waals surface area contributed by atoms with Crippen LogP contribution in [0.4, 0.5) is 10.8 Å². The second kappa shape index (κ2) is 6.60. The van der Waals surface area contributed by atoms with Gasteiger partial charge in [0.2, 0.25) is 0 Å². The molecule has 0 atom stereocenters. The van der Waals surface area contributed by atoms with Crippen LogP contribution in [0.5, 0.6) is 0 Å². The lowest BCUT2D eigenvalue weighted by Crippen LogP contribution is -2.13. The summed E-state index contributed by atoms with van der Waals surface area (Å²) < 4.78 is 0.997. The zero-order valence-electron chi connectivity index (χ0n) is 14.1. The molecule has 0 spiro atoms. The Bertz CT molecular complexity index is 979. The van der Waals surface area contributed by atoms with Crippen LogP contribution in [0.1, 0.15) is 41.3 Å². The number of thiazole rings is 1.